The zero-order valence-corrected chi connectivity index (χ0v) is 16.0. The van der Waals surface area contributed by atoms with Crippen molar-refractivity contribution < 1.29 is 22.4 Å². The quantitative estimate of drug-likeness (QED) is 0.698. The Hall–Kier alpha value is -2.84. The highest BCUT2D eigenvalue weighted by molar-refractivity contribution is 7.89. The average Bonchev–Trinajstić information content (AvgIpc) is 2.99. The third-order valence-electron chi connectivity index (χ3n) is 4.46. The van der Waals surface area contributed by atoms with Gasteiger partial charge in [0.15, 0.2) is 0 Å². The fourth-order valence-corrected chi connectivity index (χ4v) is 3.44. The van der Waals surface area contributed by atoms with Crippen LogP contribution < -0.4 is 15.2 Å². The van der Waals surface area contributed by atoms with Crippen LogP contribution in [0.3, 0.4) is 0 Å². The molecule has 2 aromatic carbocycles. The Balaban J connectivity index is 1.85. The summed E-state index contributed by atoms with van der Waals surface area (Å²) in [5, 5.41) is 8.79. The number of carbonyl (C=O) groups is 1. The van der Waals surface area contributed by atoms with E-state index in [0.29, 0.717) is 17.0 Å². The minimum absolute atomic E-state index is 0.0400. The Kier molecular flexibility index (Phi) is 4.95. The Labute approximate surface area is 157 Å². The average molecular weight is 388 g/mol. The van der Waals surface area contributed by atoms with Crippen LogP contribution in [-0.2, 0) is 21.2 Å². The zero-order chi connectivity index (χ0) is 19.8. The fraction of sp³-hybridized carbons (Fsp3) is 0.211. The van der Waals surface area contributed by atoms with Crippen LogP contribution in [0.1, 0.15) is 16.7 Å². The molecule has 0 unspecified atom stereocenters. The van der Waals surface area contributed by atoms with Crippen molar-refractivity contribution in [2.75, 3.05) is 12.4 Å². The van der Waals surface area contributed by atoms with Crippen LogP contribution in [0.2, 0.25) is 0 Å². The molecule has 27 heavy (non-hydrogen) atoms. The van der Waals surface area contributed by atoms with Gasteiger partial charge in [0.1, 0.15) is 11.3 Å². The van der Waals surface area contributed by atoms with E-state index in [1.807, 2.05) is 6.07 Å². The number of benzene rings is 2. The van der Waals surface area contributed by atoms with Crippen LogP contribution >= 0.6 is 0 Å². The maximum Gasteiger partial charge on any atom is 0.238 e. The van der Waals surface area contributed by atoms with Gasteiger partial charge in [0.05, 0.1) is 24.7 Å². The number of amides is 1. The minimum Gasteiger partial charge on any atom is -0.497 e. The van der Waals surface area contributed by atoms with Gasteiger partial charge in [-0.2, -0.15) is 0 Å². The lowest BCUT2D eigenvalue weighted by Crippen LogP contribution is -2.17. The van der Waals surface area contributed by atoms with E-state index in [1.54, 1.807) is 33.1 Å². The monoisotopic (exact) mass is 388 g/mol. The number of methoxy groups -OCH3 is 1. The second-order valence-electron chi connectivity index (χ2n) is 6.31. The molecule has 3 aromatic rings. The molecule has 1 aromatic heterocycles. The van der Waals surface area contributed by atoms with Crippen LogP contribution in [0.4, 0.5) is 5.69 Å². The molecule has 0 aliphatic rings. The molecule has 0 aliphatic heterocycles. The lowest BCUT2D eigenvalue weighted by Gasteiger charge is -2.12. The number of anilines is 1. The van der Waals surface area contributed by atoms with Gasteiger partial charge in [-0.25, -0.2) is 13.6 Å². The molecule has 142 valence electrons. The smallest absolute Gasteiger partial charge is 0.238 e. The van der Waals surface area contributed by atoms with Crippen LogP contribution in [-0.4, -0.2) is 21.4 Å². The Morgan fingerprint density at radius 2 is 1.96 bits per heavy atom. The summed E-state index contributed by atoms with van der Waals surface area (Å²) in [6.07, 6.45) is 1.61. The summed E-state index contributed by atoms with van der Waals surface area (Å²) >= 11 is 0. The summed E-state index contributed by atoms with van der Waals surface area (Å²) < 4.78 is 33.9. The SMILES string of the molecule is COc1ccc2c(CC(=O)Nc3cc(S(N)(=O)=O)cc(C)c3C)coc2c1. The number of fused-ring (bicyclic) bond motifs is 1. The number of furan rings is 1. The first-order chi connectivity index (χ1) is 12.7. The molecular weight excluding hydrogens is 368 g/mol. The molecule has 8 heteroatoms. The Bertz CT molecular complexity index is 1130. The molecule has 0 bridgehead atoms. The topological polar surface area (TPSA) is 112 Å². The van der Waals surface area contributed by atoms with Crippen molar-refractivity contribution in [1.82, 2.24) is 0 Å². The van der Waals surface area contributed by atoms with E-state index in [1.165, 1.54) is 18.4 Å². The van der Waals surface area contributed by atoms with Crippen LogP contribution in [0.5, 0.6) is 5.75 Å². The Morgan fingerprint density at radius 1 is 1.22 bits per heavy atom. The normalized spacial score (nSPS) is 11.6. The van der Waals surface area contributed by atoms with Gasteiger partial charge < -0.3 is 14.5 Å². The van der Waals surface area contributed by atoms with E-state index in [2.05, 4.69) is 5.32 Å². The molecule has 0 radical (unpaired) electrons. The van der Waals surface area contributed by atoms with E-state index >= 15 is 0 Å². The molecule has 0 saturated heterocycles. The standard InChI is InChI=1S/C19H20N2O5S/c1-11-6-15(27(20,23)24)9-17(12(11)2)21-19(22)7-13-10-26-18-8-14(25-3)4-5-16(13)18/h4-6,8-10H,7H2,1-3H3,(H,21,22)(H2,20,23,24). The number of primary sulfonamides is 1. The maximum atomic E-state index is 12.5. The number of ether oxygens (including phenoxy) is 1. The molecule has 0 aliphatic carbocycles. The maximum absolute atomic E-state index is 12.5. The second kappa shape index (κ2) is 7.05. The van der Waals surface area contributed by atoms with Gasteiger partial charge in [-0.15, -0.1) is 0 Å². The van der Waals surface area contributed by atoms with Gasteiger partial charge in [0.2, 0.25) is 15.9 Å². The number of hydrogen-bond acceptors (Lipinski definition) is 5. The number of nitrogens with two attached hydrogens (primary N) is 1. The summed E-state index contributed by atoms with van der Waals surface area (Å²) in [4.78, 5) is 12.5. The zero-order valence-electron chi connectivity index (χ0n) is 15.2. The predicted octanol–water partition coefficient (Wildman–Crippen LogP) is 2.89. The molecule has 1 amide bonds. The molecule has 3 N–H and O–H groups in total. The second-order valence-corrected chi connectivity index (χ2v) is 7.87. The highest BCUT2D eigenvalue weighted by atomic mass is 32.2. The third-order valence-corrected chi connectivity index (χ3v) is 5.35. The van der Waals surface area contributed by atoms with Crippen molar-refractivity contribution in [2.45, 2.75) is 25.2 Å². The van der Waals surface area contributed by atoms with Crippen LogP contribution in [0.15, 0.2) is 45.9 Å². The number of sulfonamides is 1. The number of rotatable bonds is 5. The molecule has 0 saturated carbocycles. The molecule has 3 rings (SSSR count). The largest absolute Gasteiger partial charge is 0.497 e. The summed E-state index contributed by atoms with van der Waals surface area (Å²) in [6.45, 7) is 3.56. The van der Waals surface area contributed by atoms with Crippen molar-refractivity contribution in [3.05, 3.63) is 53.3 Å². The van der Waals surface area contributed by atoms with Crippen LogP contribution in [0, 0.1) is 13.8 Å². The van der Waals surface area contributed by atoms with Gasteiger partial charge in [-0.05, 0) is 49.2 Å². The van der Waals surface area contributed by atoms with Gasteiger partial charge in [-0.3, -0.25) is 4.79 Å². The van der Waals surface area contributed by atoms with Gasteiger partial charge in [0.25, 0.3) is 0 Å². The predicted molar refractivity (Wildman–Crippen MR) is 102 cm³/mol. The summed E-state index contributed by atoms with van der Waals surface area (Å²) in [7, 11) is -2.30. The van der Waals surface area contributed by atoms with Crippen LogP contribution in [0.25, 0.3) is 11.0 Å². The highest BCUT2D eigenvalue weighted by Crippen LogP contribution is 2.27. The molecular formula is C19H20N2O5S. The van der Waals surface area contributed by atoms with Crippen molar-refractivity contribution in [1.29, 1.82) is 0 Å². The van der Waals surface area contributed by atoms with E-state index in [-0.39, 0.29) is 17.2 Å². The van der Waals surface area contributed by atoms with Crippen molar-refractivity contribution in [3.8, 4) is 5.75 Å². The minimum atomic E-state index is -3.86. The molecule has 7 nitrogen and oxygen atoms in total. The third kappa shape index (κ3) is 3.96. The van der Waals surface area contributed by atoms with E-state index < -0.39 is 10.0 Å². The van der Waals surface area contributed by atoms with E-state index in [4.69, 9.17) is 14.3 Å². The van der Waals surface area contributed by atoms with Crippen molar-refractivity contribution in [2.24, 2.45) is 5.14 Å². The van der Waals surface area contributed by atoms with Gasteiger partial charge >= 0.3 is 0 Å². The lowest BCUT2D eigenvalue weighted by atomic mass is 10.1. The molecule has 0 atom stereocenters. The first-order valence-electron chi connectivity index (χ1n) is 8.17. The van der Waals surface area contributed by atoms with Crippen molar-refractivity contribution >= 4 is 32.6 Å². The molecule has 0 fully saturated rings. The summed E-state index contributed by atoms with van der Waals surface area (Å²) in [5.41, 5.74) is 3.26. The number of carbonyl (C=O) groups excluding carboxylic acids is 1. The number of aryl methyl sites for hydroxylation is 1. The first-order valence-corrected chi connectivity index (χ1v) is 9.71. The fourth-order valence-electron chi connectivity index (χ4n) is 2.82. The van der Waals surface area contributed by atoms with E-state index in [9.17, 15) is 13.2 Å². The Morgan fingerprint density at radius 3 is 2.63 bits per heavy atom. The van der Waals surface area contributed by atoms with Gasteiger partial charge in [0, 0.05) is 22.7 Å². The molecule has 1 heterocycles. The summed E-state index contributed by atoms with van der Waals surface area (Å²) in [6, 6.07) is 8.23. The first kappa shape index (κ1) is 18.9. The number of nitrogens with one attached hydrogen (secondary N) is 1. The number of hydrogen-bond donors (Lipinski definition) is 2. The highest BCUT2D eigenvalue weighted by Gasteiger charge is 2.16. The lowest BCUT2D eigenvalue weighted by molar-refractivity contribution is -0.115. The van der Waals surface area contributed by atoms with E-state index in [0.717, 1.165) is 22.1 Å². The van der Waals surface area contributed by atoms with Crippen molar-refractivity contribution in [3.63, 3.8) is 0 Å². The summed E-state index contributed by atoms with van der Waals surface area (Å²) in [5.74, 6) is 0.376. The van der Waals surface area contributed by atoms with Gasteiger partial charge in [-0.1, -0.05) is 0 Å². The molecule has 0 spiro atoms.